The molecule has 0 radical (unpaired) electrons. The number of piperidine rings is 1. The lowest BCUT2D eigenvalue weighted by atomic mass is 9.96. The molecule has 37 heavy (non-hydrogen) atoms. The molecule has 1 fully saturated rings. The highest BCUT2D eigenvalue weighted by Gasteiger charge is 2.22. The number of aromatic nitrogens is 1. The first-order chi connectivity index (χ1) is 18.2. The lowest BCUT2D eigenvalue weighted by molar-refractivity contribution is 0.0855. The Labute approximate surface area is 218 Å². The molecule has 1 aromatic heterocycles. The summed E-state index contributed by atoms with van der Waals surface area (Å²) in [5, 5.41) is 1.02. The molecule has 5 heteroatoms. The van der Waals surface area contributed by atoms with Crippen molar-refractivity contribution >= 4 is 23.1 Å². The van der Waals surface area contributed by atoms with Gasteiger partial charge in [-0.3, -0.25) is 0 Å². The fraction of sp³-hybridized carbons (Fsp3) is 0.250. The van der Waals surface area contributed by atoms with E-state index >= 15 is 0 Å². The highest BCUT2D eigenvalue weighted by molar-refractivity contribution is 5.88. The van der Waals surface area contributed by atoms with Crippen LogP contribution in [0.5, 0.6) is 5.75 Å². The third-order valence-corrected chi connectivity index (χ3v) is 6.87. The summed E-state index contributed by atoms with van der Waals surface area (Å²) in [6.07, 6.45) is 5.92. The average molecular weight is 493 g/mol. The van der Waals surface area contributed by atoms with E-state index in [1.165, 1.54) is 0 Å². The Bertz CT molecular complexity index is 1360. The molecule has 0 atom stereocenters. The van der Waals surface area contributed by atoms with Crippen molar-refractivity contribution in [3.05, 3.63) is 113 Å². The van der Waals surface area contributed by atoms with Gasteiger partial charge in [-0.2, -0.15) is 0 Å². The van der Waals surface area contributed by atoms with Crippen molar-refractivity contribution < 1.29 is 14.3 Å². The lowest BCUT2D eigenvalue weighted by Gasteiger charge is -2.30. The molecule has 0 saturated carbocycles. The first-order valence-electron chi connectivity index (χ1n) is 12.9. The molecule has 0 aliphatic carbocycles. The average Bonchev–Trinajstić information content (AvgIpc) is 2.96. The van der Waals surface area contributed by atoms with E-state index in [0.717, 1.165) is 51.9 Å². The molecule has 1 saturated heterocycles. The summed E-state index contributed by atoms with van der Waals surface area (Å²) >= 11 is 0. The van der Waals surface area contributed by atoms with E-state index in [1.807, 2.05) is 71.6 Å². The first kappa shape index (κ1) is 24.6. The number of benzene rings is 3. The number of nitrogens with zero attached hydrogens (tertiary/aromatic N) is 2. The predicted molar refractivity (Wildman–Crippen MR) is 147 cm³/mol. The van der Waals surface area contributed by atoms with Crippen LogP contribution in [0.3, 0.4) is 0 Å². The van der Waals surface area contributed by atoms with Crippen molar-refractivity contribution in [2.75, 3.05) is 13.1 Å². The van der Waals surface area contributed by atoms with Gasteiger partial charge in [-0.25, -0.2) is 9.78 Å². The first-order valence-corrected chi connectivity index (χ1v) is 12.9. The van der Waals surface area contributed by atoms with Gasteiger partial charge in [0.25, 0.3) is 0 Å². The van der Waals surface area contributed by atoms with E-state index in [9.17, 15) is 4.79 Å². The topological polar surface area (TPSA) is 51.7 Å². The summed E-state index contributed by atoms with van der Waals surface area (Å²) in [5.74, 6) is 1.27. The monoisotopic (exact) mass is 492 g/mol. The number of amides is 1. The zero-order valence-electron chi connectivity index (χ0n) is 21.2. The van der Waals surface area contributed by atoms with Crippen LogP contribution in [-0.2, 0) is 18.0 Å². The van der Waals surface area contributed by atoms with Crippen molar-refractivity contribution in [3.8, 4) is 5.75 Å². The Morgan fingerprint density at radius 2 is 1.51 bits per heavy atom. The maximum atomic E-state index is 12.5. The molecule has 0 N–H and O–H groups in total. The Hall–Kier alpha value is -4.12. The van der Waals surface area contributed by atoms with E-state index in [2.05, 4.69) is 37.3 Å². The second-order valence-electron chi connectivity index (χ2n) is 9.47. The summed E-state index contributed by atoms with van der Waals surface area (Å²) in [7, 11) is 0. The zero-order chi connectivity index (χ0) is 25.5. The van der Waals surface area contributed by atoms with E-state index < -0.39 is 0 Å². The van der Waals surface area contributed by atoms with Crippen LogP contribution in [0.2, 0.25) is 0 Å². The van der Waals surface area contributed by atoms with Gasteiger partial charge in [0.05, 0.1) is 11.2 Å². The van der Waals surface area contributed by atoms with Gasteiger partial charge in [0.1, 0.15) is 19.0 Å². The van der Waals surface area contributed by atoms with Crippen LogP contribution in [-0.4, -0.2) is 29.1 Å². The van der Waals surface area contributed by atoms with Crippen LogP contribution in [0, 0.1) is 12.8 Å². The fourth-order valence-electron chi connectivity index (χ4n) is 4.69. The van der Waals surface area contributed by atoms with Gasteiger partial charge in [0, 0.05) is 24.0 Å². The van der Waals surface area contributed by atoms with Gasteiger partial charge in [-0.05, 0) is 55.0 Å². The molecule has 0 unspecified atom stereocenters. The van der Waals surface area contributed by atoms with Crippen LogP contribution in [0.1, 0.15) is 35.2 Å². The van der Waals surface area contributed by atoms with Crippen LogP contribution < -0.4 is 4.74 Å². The van der Waals surface area contributed by atoms with E-state index in [-0.39, 0.29) is 6.09 Å². The van der Waals surface area contributed by atoms with E-state index in [1.54, 1.807) is 0 Å². The highest BCUT2D eigenvalue weighted by Crippen LogP contribution is 2.32. The molecule has 1 amide bonds. The molecule has 5 rings (SSSR count). The second-order valence-corrected chi connectivity index (χ2v) is 9.47. The third-order valence-electron chi connectivity index (χ3n) is 6.87. The number of hydrogen-bond donors (Lipinski definition) is 0. The SMILES string of the molecule is Cc1c(/C=C/C2CCN(C(=O)OCc3ccccc3)CC2)nc2ccccc2c1OCc1ccccc1. The molecule has 1 aliphatic rings. The van der Waals surface area contributed by atoms with Crippen LogP contribution >= 0.6 is 0 Å². The van der Waals surface area contributed by atoms with Crippen molar-refractivity contribution in [1.29, 1.82) is 0 Å². The Morgan fingerprint density at radius 1 is 0.892 bits per heavy atom. The van der Waals surface area contributed by atoms with Crippen molar-refractivity contribution in [3.63, 3.8) is 0 Å². The number of carbonyl (C=O) groups excluding carboxylic acids is 1. The van der Waals surface area contributed by atoms with E-state index in [4.69, 9.17) is 14.5 Å². The van der Waals surface area contributed by atoms with Gasteiger partial charge < -0.3 is 14.4 Å². The maximum Gasteiger partial charge on any atom is 0.410 e. The number of pyridine rings is 1. The standard InChI is InChI=1S/C32H32N2O3/c1-24-29(33-30-15-9-8-14-28(30)31(24)36-22-26-10-4-2-5-11-26)17-16-25-18-20-34(21-19-25)32(35)37-23-27-12-6-3-7-13-27/h2-17,25H,18-23H2,1H3/b17-16+. The maximum absolute atomic E-state index is 12.5. The van der Waals surface area contributed by atoms with Gasteiger partial charge >= 0.3 is 6.09 Å². The normalized spacial score (nSPS) is 14.2. The third kappa shape index (κ3) is 6.18. The highest BCUT2D eigenvalue weighted by atomic mass is 16.6. The molecule has 188 valence electrons. The summed E-state index contributed by atoms with van der Waals surface area (Å²) in [6.45, 7) is 4.28. The molecule has 4 aromatic rings. The zero-order valence-corrected chi connectivity index (χ0v) is 21.2. The number of likely N-dealkylation sites (tertiary alicyclic amines) is 1. The quantitative estimate of drug-likeness (QED) is 0.274. The van der Waals surface area contributed by atoms with Crippen LogP contribution in [0.15, 0.2) is 91.0 Å². The molecule has 0 spiro atoms. The number of carbonyl (C=O) groups is 1. The summed E-state index contributed by atoms with van der Waals surface area (Å²) < 4.78 is 11.8. The number of fused-ring (bicyclic) bond motifs is 1. The van der Waals surface area contributed by atoms with Gasteiger partial charge in [0.2, 0.25) is 0 Å². The second kappa shape index (κ2) is 11.7. The minimum Gasteiger partial charge on any atom is -0.488 e. The van der Waals surface area contributed by atoms with Crippen molar-refractivity contribution in [2.24, 2.45) is 5.92 Å². The molecule has 0 bridgehead atoms. The Kier molecular flexibility index (Phi) is 7.80. The molecule has 1 aliphatic heterocycles. The molecular formula is C32H32N2O3. The minimum atomic E-state index is -0.237. The van der Waals surface area contributed by atoms with Gasteiger partial charge in [-0.1, -0.05) is 78.9 Å². The molecule has 5 nitrogen and oxygen atoms in total. The summed E-state index contributed by atoms with van der Waals surface area (Å²) in [4.78, 5) is 19.2. The number of allylic oxidation sites excluding steroid dienone is 1. The largest absolute Gasteiger partial charge is 0.488 e. The number of rotatable bonds is 7. The van der Waals surface area contributed by atoms with Gasteiger partial charge in [0.15, 0.2) is 0 Å². The smallest absolute Gasteiger partial charge is 0.410 e. The summed E-state index contributed by atoms with van der Waals surface area (Å²) in [5.41, 5.74) is 5.01. The predicted octanol–water partition coefficient (Wildman–Crippen LogP) is 7.18. The minimum absolute atomic E-state index is 0.237. The fourth-order valence-corrected chi connectivity index (χ4v) is 4.69. The van der Waals surface area contributed by atoms with Crippen LogP contribution in [0.25, 0.3) is 17.0 Å². The molecular weight excluding hydrogens is 460 g/mol. The van der Waals surface area contributed by atoms with Crippen molar-refractivity contribution in [2.45, 2.75) is 33.0 Å². The Morgan fingerprint density at radius 3 is 2.22 bits per heavy atom. The van der Waals surface area contributed by atoms with E-state index in [0.29, 0.717) is 32.2 Å². The number of hydrogen-bond acceptors (Lipinski definition) is 4. The van der Waals surface area contributed by atoms with Crippen molar-refractivity contribution in [1.82, 2.24) is 9.88 Å². The Balaban J connectivity index is 1.23. The van der Waals surface area contributed by atoms with Gasteiger partial charge in [-0.15, -0.1) is 0 Å². The molecule has 2 heterocycles. The molecule has 3 aromatic carbocycles. The van der Waals surface area contributed by atoms with Crippen LogP contribution in [0.4, 0.5) is 4.79 Å². The summed E-state index contributed by atoms with van der Waals surface area (Å²) in [6, 6.07) is 28.1. The number of ether oxygens (including phenoxy) is 2. The number of para-hydroxylation sites is 1. The lowest BCUT2D eigenvalue weighted by Crippen LogP contribution is -2.38.